The summed E-state index contributed by atoms with van der Waals surface area (Å²) in [6.07, 6.45) is -0.925. The van der Waals surface area contributed by atoms with E-state index >= 15 is 0 Å². The van der Waals surface area contributed by atoms with Gasteiger partial charge in [0.2, 0.25) is 0 Å². The first-order chi connectivity index (χ1) is 6.57. The highest BCUT2D eigenvalue weighted by Gasteiger charge is 2.23. The Labute approximate surface area is 96.2 Å². The largest absolute Gasteiger partial charge is 0.389 e. The molecular weight excluding hydrogens is 248 g/mol. The van der Waals surface area contributed by atoms with E-state index in [0.29, 0.717) is 0 Å². The third kappa shape index (κ3) is 2.49. The molecule has 2 unspecified atom stereocenters. The normalized spacial score (nSPS) is 15.2. The molecule has 0 radical (unpaired) electrons. The zero-order valence-corrected chi connectivity index (χ0v) is 9.26. The van der Waals surface area contributed by atoms with Crippen molar-refractivity contribution in [1.29, 1.82) is 0 Å². The van der Waals surface area contributed by atoms with Crippen molar-refractivity contribution in [3.05, 3.63) is 28.0 Å². The van der Waals surface area contributed by atoms with E-state index in [1.807, 2.05) is 0 Å². The number of aromatic nitrogens is 1. The molecule has 0 aromatic carbocycles. The van der Waals surface area contributed by atoms with Crippen LogP contribution in [0.1, 0.15) is 11.7 Å². The summed E-state index contributed by atoms with van der Waals surface area (Å²) in [6, 6.07) is 1.48. The number of alkyl halides is 1. The Hall–Kier alpha value is -0.0600. The van der Waals surface area contributed by atoms with Crippen LogP contribution in [-0.4, -0.2) is 27.2 Å². The van der Waals surface area contributed by atoms with E-state index in [2.05, 4.69) is 4.98 Å². The molecule has 0 saturated heterocycles. The van der Waals surface area contributed by atoms with Crippen LogP contribution >= 0.6 is 34.8 Å². The van der Waals surface area contributed by atoms with Gasteiger partial charge in [-0.05, 0) is 6.07 Å². The molecule has 0 fully saturated rings. The van der Waals surface area contributed by atoms with Crippen LogP contribution in [0, 0.1) is 0 Å². The van der Waals surface area contributed by atoms with Crippen LogP contribution in [0.3, 0.4) is 0 Å². The van der Waals surface area contributed by atoms with E-state index in [9.17, 15) is 10.2 Å². The predicted octanol–water partition coefficient (Wildman–Crippen LogP) is 2.02. The van der Waals surface area contributed by atoms with Gasteiger partial charge in [-0.1, -0.05) is 23.2 Å². The molecule has 0 aliphatic carbocycles. The van der Waals surface area contributed by atoms with E-state index in [1.54, 1.807) is 0 Å². The summed E-state index contributed by atoms with van der Waals surface area (Å²) in [4.78, 5) is 3.74. The molecule has 0 spiro atoms. The van der Waals surface area contributed by atoms with Gasteiger partial charge in [0.25, 0.3) is 0 Å². The van der Waals surface area contributed by atoms with Gasteiger partial charge in [-0.25, -0.2) is 4.98 Å². The summed E-state index contributed by atoms with van der Waals surface area (Å²) in [6.45, 7) is 0. The van der Waals surface area contributed by atoms with E-state index in [4.69, 9.17) is 34.8 Å². The minimum atomic E-state index is -1.22. The number of halogens is 3. The van der Waals surface area contributed by atoms with Crippen molar-refractivity contribution in [2.24, 2.45) is 0 Å². The summed E-state index contributed by atoms with van der Waals surface area (Å²) in [5, 5.41) is 19.2. The predicted molar refractivity (Wildman–Crippen MR) is 55.9 cm³/mol. The molecule has 0 amide bonds. The summed E-state index contributed by atoms with van der Waals surface area (Å²) < 4.78 is 0. The van der Waals surface area contributed by atoms with Crippen molar-refractivity contribution in [3.8, 4) is 0 Å². The second kappa shape index (κ2) is 5.14. The number of nitrogens with zero attached hydrogens (tertiary/aromatic N) is 1. The van der Waals surface area contributed by atoms with Crippen molar-refractivity contribution in [1.82, 2.24) is 4.98 Å². The highest BCUT2D eigenvalue weighted by Crippen LogP contribution is 2.30. The van der Waals surface area contributed by atoms with Crippen molar-refractivity contribution < 1.29 is 10.2 Å². The fourth-order valence-electron chi connectivity index (χ4n) is 0.966. The third-order valence-corrected chi connectivity index (χ3v) is 2.65. The van der Waals surface area contributed by atoms with Crippen LogP contribution in [0.15, 0.2) is 12.3 Å². The molecule has 0 bridgehead atoms. The van der Waals surface area contributed by atoms with Crippen LogP contribution < -0.4 is 0 Å². The molecule has 1 aromatic heterocycles. The average Bonchev–Trinajstić information content (AvgIpc) is 2.16. The monoisotopic (exact) mass is 255 g/mol. The Morgan fingerprint density at radius 3 is 2.50 bits per heavy atom. The third-order valence-electron chi connectivity index (χ3n) is 1.71. The van der Waals surface area contributed by atoms with Crippen molar-refractivity contribution in [2.75, 3.05) is 5.88 Å². The van der Waals surface area contributed by atoms with Crippen LogP contribution in [0.5, 0.6) is 0 Å². The zero-order valence-electron chi connectivity index (χ0n) is 6.99. The topological polar surface area (TPSA) is 53.4 Å². The Morgan fingerprint density at radius 1 is 1.36 bits per heavy atom. The number of pyridine rings is 1. The quantitative estimate of drug-likeness (QED) is 0.643. The lowest BCUT2D eigenvalue weighted by molar-refractivity contribution is 0.0326. The second-order valence-electron chi connectivity index (χ2n) is 2.66. The lowest BCUT2D eigenvalue weighted by Gasteiger charge is -2.17. The van der Waals surface area contributed by atoms with Gasteiger partial charge in [-0.3, -0.25) is 0 Å². The number of hydrogen-bond donors (Lipinski definition) is 2. The minimum absolute atomic E-state index is 0.0640. The SMILES string of the molecule is OC(CCl)C(O)c1c(Cl)ccnc1Cl. The van der Waals surface area contributed by atoms with Crippen LogP contribution in [0.25, 0.3) is 0 Å². The Bertz CT molecular complexity index is 301. The second-order valence-corrected chi connectivity index (χ2v) is 3.74. The molecular formula is C8H8Cl3NO2. The highest BCUT2D eigenvalue weighted by atomic mass is 35.5. The van der Waals surface area contributed by atoms with E-state index in [0.717, 1.165) is 0 Å². The fraction of sp³-hybridized carbons (Fsp3) is 0.375. The van der Waals surface area contributed by atoms with Gasteiger partial charge in [0, 0.05) is 11.8 Å². The summed E-state index contributed by atoms with van der Waals surface area (Å²) >= 11 is 16.9. The van der Waals surface area contributed by atoms with Crippen LogP contribution in [0.2, 0.25) is 10.2 Å². The molecule has 0 saturated carbocycles. The van der Waals surface area contributed by atoms with Gasteiger partial charge in [-0.15, -0.1) is 11.6 Å². The molecule has 0 aliphatic heterocycles. The van der Waals surface area contributed by atoms with Gasteiger partial charge in [0.1, 0.15) is 11.3 Å². The smallest absolute Gasteiger partial charge is 0.136 e. The van der Waals surface area contributed by atoms with Gasteiger partial charge < -0.3 is 10.2 Å². The first-order valence-electron chi connectivity index (χ1n) is 3.80. The van der Waals surface area contributed by atoms with E-state index in [-0.39, 0.29) is 21.6 Å². The average molecular weight is 257 g/mol. The number of aliphatic hydroxyl groups is 2. The van der Waals surface area contributed by atoms with Gasteiger partial charge >= 0.3 is 0 Å². The Balaban J connectivity index is 3.05. The molecule has 1 heterocycles. The van der Waals surface area contributed by atoms with Crippen LogP contribution in [-0.2, 0) is 0 Å². The maximum atomic E-state index is 9.61. The summed E-state index contributed by atoms with van der Waals surface area (Å²) in [5.41, 5.74) is 0.198. The molecule has 2 N–H and O–H groups in total. The van der Waals surface area contributed by atoms with Crippen molar-refractivity contribution in [3.63, 3.8) is 0 Å². The Kier molecular flexibility index (Phi) is 4.41. The van der Waals surface area contributed by atoms with Crippen molar-refractivity contribution in [2.45, 2.75) is 12.2 Å². The lowest BCUT2D eigenvalue weighted by atomic mass is 10.1. The molecule has 6 heteroatoms. The van der Waals surface area contributed by atoms with Gasteiger partial charge in [0.15, 0.2) is 0 Å². The molecule has 14 heavy (non-hydrogen) atoms. The highest BCUT2D eigenvalue weighted by molar-refractivity contribution is 6.35. The Morgan fingerprint density at radius 2 is 2.00 bits per heavy atom. The lowest BCUT2D eigenvalue weighted by Crippen LogP contribution is -2.20. The molecule has 3 nitrogen and oxygen atoms in total. The minimum Gasteiger partial charge on any atom is -0.389 e. The van der Waals surface area contributed by atoms with E-state index < -0.39 is 12.2 Å². The van der Waals surface area contributed by atoms with Crippen LogP contribution in [0.4, 0.5) is 0 Å². The summed E-state index contributed by atoms with van der Waals surface area (Å²) in [5.74, 6) is -0.108. The maximum Gasteiger partial charge on any atom is 0.136 e. The van der Waals surface area contributed by atoms with E-state index in [1.165, 1.54) is 12.3 Å². The fourth-order valence-corrected chi connectivity index (χ4v) is 1.71. The first kappa shape index (κ1) is 12.0. The first-order valence-corrected chi connectivity index (χ1v) is 5.09. The maximum absolute atomic E-state index is 9.61. The van der Waals surface area contributed by atoms with Crippen molar-refractivity contribution >= 4 is 34.8 Å². The molecule has 1 rings (SSSR count). The number of aliphatic hydroxyl groups excluding tert-OH is 2. The molecule has 1 aromatic rings. The zero-order chi connectivity index (χ0) is 10.7. The standard InChI is InChI=1S/C8H8Cl3NO2/c9-3-5(13)7(14)6-4(10)1-2-12-8(6)11/h1-2,5,7,13-14H,3H2. The molecule has 2 atom stereocenters. The van der Waals surface area contributed by atoms with Gasteiger partial charge in [0.05, 0.1) is 17.0 Å². The number of hydrogen-bond acceptors (Lipinski definition) is 3. The number of rotatable bonds is 3. The summed E-state index contributed by atoms with van der Waals surface area (Å²) in [7, 11) is 0. The molecule has 0 aliphatic rings. The van der Waals surface area contributed by atoms with Gasteiger partial charge in [-0.2, -0.15) is 0 Å². The molecule has 78 valence electrons.